The molecule has 22 heavy (non-hydrogen) atoms. The molecule has 1 atom stereocenters. The number of nitrogens with one attached hydrogen (secondary N) is 1. The van der Waals surface area contributed by atoms with E-state index in [9.17, 15) is 22.4 Å². The van der Waals surface area contributed by atoms with Crippen LogP contribution in [0.2, 0.25) is 0 Å². The molecule has 120 valence electrons. The number of halogens is 1. The summed E-state index contributed by atoms with van der Waals surface area (Å²) in [5, 5.41) is 11.0. The van der Waals surface area contributed by atoms with E-state index in [4.69, 9.17) is 5.11 Å². The van der Waals surface area contributed by atoms with Gasteiger partial charge in [-0.25, -0.2) is 17.6 Å². The minimum atomic E-state index is -3.00. The van der Waals surface area contributed by atoms with E-state index in [2.05, 4.69) is 5.32 Å². The predicted octanol–water partition coefficient (Wildman–Crippen LogP) is 1.38. The van der Waals surface area contributed by atoms with Gasteiger partial charge in [-0.2, -0.15) is 0 Å². The molecule has 0 radical (unpaired) electrons. The van der Waals surface area contributed by atoms with Crippen LogP contribution in [-0.4, -0.2) is 47.9 Å². The van der Waals surface area contributed by atoms with Gasteiger partial charge >= 0.3 is 5.97 Å². The minimum Gasteiger partial charge on any atom is -0.478 e. The van der Waals surface area contributed by atoms with Crippen molar-refractivity contribution in [3.8, 4) is 0 Å². The fraction of sp³-hybridized carbons (Fsp3) is 0.385. The molecule has 2 rings (SSSR count). The lowest BCUT2D eigenvalue weighted by atomic mass is 10.2. The lowest BCUT2D eigenvalue weighted by Crippen LogP contribution is -2.18. The molecule has 0 saturated carbocycles. The Bertz CT molecular complexity index is 704. The van der Waals surface area contributed by atoms with Gasteiger partial charge in [0.15, 0.2) is 9.84 Å². The number of carboxylic acid groups (broad SMARTS) is 1. The Labute approximate surface area is 131 Å². The van der Waals surface area contributed by atoms with Gasteiger partial charge < -0.3 is 10.4 Å². The molecular weight excluding hydrogens is 333 g/mol. The normalized spacial score (nSPS) is 19.8. The largest absolute Gasteiger partial charge is 0.478 e. The Morgan fingerprint density at radius 1 is 1.41 bits per heavy atom. The molecule has 1 amide bonds. The minimum absolute atomic E-state index is 0.0169. The molecule has 1 fully saturated rings. The van der Waals surface area contributed by atoms with Crippen LogP contribution in [0, 0.1) is 5.82 Å². The van der Waals surface area contributed by atoms with Gasteiger partial charge in [0.2, 0.25) is 5.91 Å². The Morgan fingerprint density at radius 3 is 2.73 bits per heavy atom. The summed E-state index contributed by atoms with van der Waals surface area (Å²) in [6.07, 6.45) is 0.503. The fourth-order valence-electron chi connectivity index (χ4n) is 2.03. The summed E-state index contributed by atoms with van der Waals surface area (Å²) in [5.41, 5.74) is -0.337. The number of sulfone groups is 1. The second-order valence-electron chi connectivity index (χ2n) is 4.88. The van der Waals surface area contributed by atoms with Crippen LogP contribution >= 0.6 is 11.8 Å². The van der Waals surface area contributed by atoms with Crippen molar-refractivity contribution in [1.82, 2.24) is 0 Å². The number of aromatic carboxylic acids is 1. The molecular formula is C13H14FNO5S2. The van der Waals surface area contributed by atoms with Gasteiger partial charge in [-0.05, 0) is 24.6 Å². The summed E-state index contributed by atoms with van der Waals surface area (Å²) in [6, 6.07) is 3.11. The number of thioether (sulfide) groups is 1. The van der Waals surface area contributed by atoms with Crippen LogP contribution in [0.3, 0.4) is 0 Å². The number of rotatable bonds is 5. The van der Waals surface area contributed by atoms with Crippen molar-refractivity contribution in [2.75, 3.05) is 22.6 Å². The van der Waals surface area contributed by atoms with E-state index < -0.39 is 27.5 Å². The number of hydrogen-bond donors (Lipinski definition) is 2. The van der Waals surface area contributed by atoms with Crippen molar-refractivity contribution in [1.29, 1.82) is 0 Å². The van der Waals surface area contributed by atoms with Crippen molar-refractivity contribution in [2.45, 2.75) is 11.7 Å². The van der Waals surface area contributed by atoms with Crippen LogP contribution in [0.15, 0.2) is 18.2 Å². The number of benzene rings is 1. The number of carbonyl (C=O) groups is 2. The van der Waals surface area contributed by atoms with Gasteiger partial charge in [-0.3, -0.25) is 4.79 Å². The molecule has 2 N–H and O–H groups in total. The summed E-state index contributed by atoms with van der Waals surface area (Å²) in [6.45, 7) is 0. The highest BCUT2D eigenvalue weighted by molar-refractivity contribution is 8.02. The molecule has 1 aliphatic heterocycles. The van der Waals surface area contributed by atoms with Crippen molar-refractivity contribution in [3.05, 3.63) is 29.6 Å². The molecule has 0 spiro atoms. The van der Waals surface area contributed by atoms with E-state index in [1.807, 2.05) is 0 Å². The molecule has 0 aromatic heterocycles. The monoisotopic (exact) mass is 347 g/mol. The topological polar surface area (TPSA) is 101 Å². The summed E-state index contributed by atoms with van der Waals surface area (Å²) in [4.78, 5) is 22.6. The SMILES string of the molecule is O=C(CSC1CCS(=O)(=O)C1)Nc1cc(C(=O)O)ccc1F. The average molecular weight is 347 g/mol. The average Bonchev–Trinajstić information content (AvgIpc) is 2.78. The van der Waals surface area contributed by atoms with Crippen molar-refractivity contribution in [3.63, 3.8) is 0 Å². The molecule has 0 bridgehead atoms. The molecule has 9 heteroatoms. The van der Waals surface area contributed by atoms with Crippen LogP contribution in [0.4, 0.5) is 10.1 Å². The summed E-state index contributed by atoms with van der Waals surface area (Å²) >= 11 is 1.20. The smallest absolute Gasteiger partial charge is 0.335 e. The third-order valence-corrected chi connectivity index (χ3v) is 6.41. The van der Waals surface area contributed by atoms with E-state index >= 15 is 0 Å². The third kappa shape index (κ3) is 4.44. The van der Waals surface area contributed by atoms with Gasteiger partial charge in [-0.15, -0.1) is 11.8 Å². The Morgan fingerprint density at radius 2 is 2.14 bits per heavy atom. The van der Waals surface area contributed by atoms with Crippen LogP contribution in [-0.2, 0) is 14.6 Å². The maximum absolute atomic E-state index is 13.5. The lowest BCUT2D eigenvalue weighted by molar-refractivity contribution is -0.113. The lowest BCUT2D eigenvalue weighted by Gasteiger charge is -2.09. The van der Waals surface area contributed by atoms with Crippen LogP contribution in [0.1, 0.15) is 16.8 Å². The molecule has 6 nitrogen and oxygen atoms in total. The standard InChI is InChI=1S/C13H14FNO5S2/c14-10-2-1-8(13(17)18)5-11(10)15-12(16)6-21-9-3-4-22(19,20)7-9/h1-2,5,9H,3-4,6-7H2,(H,15,16)(H,17,18). The van der Waals surface area contributed by atoms with Gasteiger partial charge in [0.05, 0.1) is 28.5 Å². The third-order valence-electron chi connectivity index (χ3n) is 3.13. The summed E-state index contributed by atoms with van der Waals surface area (Å²) < 4.78 is 36.1. The van der Waals surface area contributed by atoms with E-state index in [0.29, 0.717) is 6.42 Å². The number of carboxylic acids is 1. The molecule has 1 aromatic carbocycles. The predicted molar refractivity (Wildman–Crippen MR) is 81.5 cm³/mol. The molecule has 1 aromatic rings. The number of carbonyl (C=O) groups excluding carboxylic acids is 1. The zero-order valence-electron chi connectivity index (χ0n) is 11.4. The molecule has 1 heterocycles. The van der Waals surface area contributed by atoms with Gasteiger partial charge in [-0.1, -0.05) is 0 Å². The Hall–Kier alpha value is -1.61. The highest BCUT2D eigenvalue weighted by Crippen LogP contribution is 2.24. The van der Waals surface area contributed by atoms with Gasteiger partial charge in [0, 0.05) is 5.25 Å². The van der Waals surface area contributed by atoms with Crippen molar-refractivity contribution >= 4 is 39.2 Å². The Balaban J connectivity index is 1.92. The first-order chi connectivity index (χ1) is 10.3. The second kappa shape index (κ2) is 6.66. The van der Waals surface area contributed by atoms with Crippen LogP contribution in [0.5, 0.6) is 0 Å². The van der Waals surface area contributed by atoms with Crippen molar-refractivity contribution < 1.29 is 27.5 Å². The maximum atomic E-state index is 13.5. The quantitative estimate of drug-likeness (QED) is 0.835. The molecule has 1 saturated heterocycles. The highest BCUT2D eigenvalue weighted by Gasteiger charge is 2.28. The number of amides is 1. The number of anilines is 1. The van der Waals surface area contributed by atoms with Gasteiger partial charge in [0.1, 0.15) is 5.82 Å². The number of hydrogen-bond acceptors (Lipinski definition) is 5. The summed E-state index contributed by atoms with van der Waals surface area (Å²) in [7, 11) is -3.00. The van der Waals surface area contributed by atoms with E-state index in [0.717, 1.165) is 18.2 Å². The molecule has 1 aliphatic rings. The van der Waals surface area contributed by atoms with Crippen LogP contribution < -0.4 is 5.32 Å². The molecule has 1 unspecified atom stereocenters. The first-order valence-electron chi connectivity index (χ1n) is 6.41. The zero-order chi connectivity index (χ0) is 16.3. The Kier molecular flexibility index (Phi) is 5.07. The van der Waals surface area contributed by atoms with Gasteiger partial charge in [0.25, 0.3) is 0 Å². The van der Waals surface area contributed by atoms with Crippen LogP contribution in [0.25, 0.3) is 0 Å². The molecule has 0 aliphatic carbocycles. The first kappa shape index (κ1) is 16.8. The zero-order valence-corrected chi connectivity index (χ0v) is 13.0. The summed E-state index contributed by atoms with van der Waals surface area (Å²) in [5.74, 6) is -2.30. The first-order valence-corrected chi connectivity index (χ1v) is 9.28. The van der Waals surface area contributed by atoms with E-state index in [1.54, 1.807) is 0 Å². The fourth-order valence-corrected chi connectivity index (χ4v) is 5.47. The van der Waals surface area contributed by atoms with E-state index in [1.165, 1.54) is 11.8 Å². The maximum Gasteiger partial charge on any atom is 0.335 e. The second-order valence-corrected chi connectivity index (χ2v) is 8.40. The highest BCUT2D eigenvalue weighted by atomic mass is 32.2. The van der Waals surface area contributed by atoms with E-state index in [-0.39, 0.29) is 33.8 Å². The van der Waals surface area contributed by atoms with Crippen molar-refractivity contribution in [2.24, 2.45) is 0 Å².